The van der Waals surface area contributed by atoms with Gasteiger partial charge in [0.2, 0.25) is 5.95 Å². The summed E-state index contributed by atoms with van der Waals surface area (Å²) in [6.07, 6.45) is 8.37. The van der Waals surface area contributed by atoms with Crippen LogP contribution in [-0.4, -0.2) is 57.7 Å². The third-order valence-corrected chi connectivity index (χ3v) is 7.16. The fraction of sp³-hybridized carbons (Fsp3) is 0.423. The van der Waals surface area contributed by atoms with Crippen molar-refractivity contribution in [3.05, 3.63) is 54.2 Å². The van der Waals surface area contributed by atoms with Crippen molar-refractivity contribution in [3.63, 3.8) is 0 Å². The zero-order valence-corrected chi connectivity index (χ0v) is 19.8. The molecule has 0 unspecified atom stereocenters. The van der Waals surface area contributed by atoms with Crippen LogP contribution in [0.15, 0.2) is 42.9 Å². The standard InChI is InChI=1S/C14H14N4O2.C12H13NO3/c15-13-17-8-9-11-10(2-1-5-16-11)20-14(12(9)18-13)3-6-19-7-4-14;14-11-8-9-10(2-1-5-13-9)16-12(11)3-6-15-7-4-12/h1-2,5,8H,3-4,6-7H2,(H2,15,17,18);1-2,5H,3-4,6-8H2. The molecule has 2 saturated heterocycles. The molecule has 0 bridgehead atoms. The summed E-state index contributed by atoms with van der Waals surface area (Å²) in [6, 6.07) is 7.52. The van der Waals surface area contributed by atoms with Crippen molar-refractivity contribution in [1.82, 2.24) is 19.9 Å². The van der Waals surface area contributed by atoms with Crippen LogP contribution in [0.4, 0.5) is 5.95 Å². The van der Waals surface area contributed by atoms with Gasteiger partial charge in [-0.3, -0.25) is 14.8 Å². The number of hydrogen-bond donors (Lipinski definition) is 1. The second-order valence-corrected chi connectivity index (χ2v) is 9.31. The van der Waals surface area contributed by atoms with E-state index < -0.39 is 11.2 Å². The van der Waals surface area contributed by atoms with Gasteiger partial charge in [0.1, 0.15) is 17.2 Å². The second-order valence-electron chi connectivity index (χ2n) is 9.31. The maximum absolute atomic E-state index is 12.1. The highest BCUT2D eigenvalue weighted by Gasteiger charge is 2.46. The minimum atomic E-state index is -0.645. The summed E-state index contributed by atoms with van der Waals surface area (Å²) in [4.78, 5) is 29.2. The van der Waals surface area contributed by atoms with Gasteiger partial charge in [0.25, 0.3) is 0 Å². The Labute approximate surface area is 208 Å². The van der Waals surface area contributed by atoms with Gasteiger partial charge in [-0.2, -0.15) is 0 Å². The lowest BCUT2D eigenvalue weighted by molar-refractivity contribution is -0.144. The molecular formula is C26H27N5O5. The molecule has 7 rings (SSSR count). The number of carbonyl (C=O) groups excluding carboxylic acids is 1. The number of anilines is 1. The molecule has 36 heavy (non-hydrogen) atoms. The number of fused-ring (bicyclic) bond motifs is 5. The molecule has 2 fully saturated rings. The Kier molecular flexibility index (Phi) is 5.77. The Morgan fingerprint density at radius 3 is 2.19 bits per heavy atom. The molecule has 3 aromatic heterocycles. The van der Waals surface area contributed by atoms with E-state index in [1.165, 1.54) is 0 Å². The molecule has 4 aliphatic heterocycles. The van der Waals surface area contributed by atoms with Crippen LogP contribution in [-0.2, 0) is 26.3 Å². The van der Waals surface area contributed by atoms with Crippen molar-refractivity contribution in [2.75, 3.05) is 32.2 Å². The zero-order chi connectivity index (χ0) is 24.6. The largest absolute Gasteiger partial charge is 0.478 e. The Bertz CT molecular complexity index is 1290. The summed E-state index contributed by atoms with van der Waals surface area (Å²) in [5.41, 5.74) is 7.92. The molecular weight excluding hydrogens is 462 g/mol. The summed E-state index contributed by atoms with van der Waals surface area (Å²) in [5, 5.41) is 0. The summed E-state index contributed by atoms with van der Waals surface area (Å²) < 4.78 is 22.9. The number of nitrogens with zero attached hydrogens (tertiary/aromatic N) is 4. The Balaban J connectivity index is 0.000000137. The zero-order valence-electron chi connectivity index (χ0n) is 19.8. The molecule has 10 heteroatoms. The normalized spacial score (nSPS) is 20.6. The molecule has 0 aliphatic carbocycles. The van der Waals surface area contributed by atoms with Crippen LogP contribution in [0.25, 0.3) is 11.3 Å². The van der Waals surface area contributed by atoms with E-state index in [1.54, 1.807) is 18.6 Å². The van der Waals surface area contributed by atoms with Crippen molar-refractivity contribution >= 4 is 11.7 Å². The van der Waals surface area contributed by atoms with E-state index in [2.05, 4.69) is 19.9 Å². The highest BCUT2D eigenvalue weighted by atomic mass is 16.5. The Morgan fingerprint density at radius 1 is 0.806 bits per heavy atom. The number of carbonyl (C=O) groups is 1. The number of rotatable bonds is 0. The van der Waals surface area contributed by atoms with Crippen LogP contribution < -0.4 is 15.2 Å². The molecule has 3 aromatic rings. The number of nitrogens with two attached hydrogens (primary N) is 1. The van der Waals surface area contributed by atoms with Gasteiger partial charge in [0, 0.05) is 49.8 Å². The smallest absolute Gasteiger partial charge is 0.220 e. The minimum absolute atomic E-state index is 0.141. The molecule has 2 N–H and O–H groups in total. The van der Waals surface area contributed by atoms with Gasteiger partial charge in [-0.05, 0) is 24.3 Å². The number of hydrogen-bond acceptors (Lipinski definition) is 10. The monoisotopic (exact) mass is 489 g/mol. The van der Waals surface area contributed by atoms with Gasteiger partial charge in [-0.15, -0.1) is 0 Å². The van der Waals surface area contributed by atoms with Gasteiger partial charge >= 0.3 is 0 Å². The van der Waals surface area contributed by atoms with Gasteiger partial charge in [-0.25, -0.2) is 9.97 Å². The quantitative estimate of drug-likeness (QED) is 0.503. The summed E-state index contributed by atoms with van der Waals surface area (Å²) >= 11 is 0. The predicted octanol–water partition coefficient (Wildman–Crippen LogP) is 2.65. The molecule has 0 saturated carbocycles. The predicted molar refractivity (Wildman–Crippen MR) is 128 cm³/mol. The van der Waals surface area contributed by atoms with Crippen LogP contribution in [0.3, 0.4) is 0 Å². The van der Waals surface area contributed by atoms with E-state index in [9.17, 15) is 4.79 Å². The molecule has 186 valence electrons. The van der Waals surface area contributed by atoms with Gasteiger partial charge in [0.05, 0.1) is 44.2 Å². The number of ketones is 1. The maximum Gasteiger partial charge on any atom is 0.220 e. The van der Waals surface area contributed by atoms with E-state index in [0.29, 0.717) is 45.7 Å². The van der Waals surface area contributed by atoms with E-state index in [-0.39, 0.29) is 11.7 Å². The first-order valence-electron chi connectivity index (χ1n) is 12.2. The lowest BCUT2D eigenvalue weighted by Gasteiger charge is -2.40. The van der Waals surface area contributed by atoms with E-state index in [0.717, 1.165) is 47.0 Å². The number of Topliss-reactive ketones (excluding diaryl/α,β-unsaturated/α-hetero) is 1. The minimum Gasteiger partial charge on any atom is -0.478 e. The fourth-order valence-corrected chi connectivity index (χ4v) is 5.20. The molecule has 10 nitrogen and oxygen atoms in total. The van der Waals surface area contributed by atoms with Crippen molar-refractivity contribution < 1.29 is 23.7 Å². The highest BCUT2D eigenvalue weighted by molar-refractivity contribution is 5.91. The average molecular weight is 490 g/mol. The van der Waals surface area contributed by atoms with Crippen molar-refractivity contribution in [3.8, 4) is 22.8 Å². The topological polar surface area (TPSA) is 132 Å². The van der Waals surface area contributed by atoms with Gasteiger partial charge < -0.3 is 24.7 Å². The van der Waals surface area contributed by atoms with Crippen LogP contribution >= 0.6 is 0 Å². The summed E-state index contributed by atoms with van der Waals surface area (Å²) in [6.45, 7) is 2.50. The van der Waals surface area contributed by atoms with E-state index >= 15 is 0 Å². The van der Waals surface area contributed by atoms with Crippen LogP contribution in [0, 0.1) is 0 Å². The van der Waals surface area contributed by atoms with Crippen molar-refractivity contribution in [2.45, 2.75) is 43.3 Å². The Hall–Kier alpha value is -3.63. The SMILES string of the molecule is Nc1ncc2c(n1)C1(CCOCC1)Oc1cccnc1-2.O=C1Cc2ncccc2OC12CCOCC2. The molecule has 0 radical (unpaired) electrons. The van der Waals surface area contributed by atoms with Crippen molar-refractivity contribution in [1.29, 1.82) is 0 Å². The molecule has 7 heterocycles. The van der Waals surface area contributed by atoms with Gasteiger partial charge in [0.15, 0.2) is 17.0 Å². The van der Waals surface area contributed by atoms with E-state index in [4.69, 9.17) is 24.7 Å². The lowest BCUT2D eigenvalue weighted by atomic mass is 9.84. The molecule has 0 amide bonds. The Morgan fingerprint density at radius 2 is 1.44 bits per heavy atom. The second kappa shape index (κ2) is 9.11. The van der Waals surface area contributed by atoms with Crippen LogP contribution in [0.2, 0.25) is 0 Å². The van der Waals surface area contributed by atoms with E-state index in [1.807, 2.05) is 24.3 Å². The molecule has 4 aliphatic rings. The first kappa shape index (κ1) is 22.8. The number of nitrogen functional groups attached to an aromatic ring is 1. The molecule has 0 aromatic carbocycles. The number of ether oxygens (including phenoxy) is 4. The first-order chi connectivity index (χ1) is 17.6. The van der Waals surface area contributed by atoms with Crippen LogP contribution in [0.5, 0.6) is 11.5 Å². The van der Waals surface area contributed by atoms with Crippen molar-refractivity contribution in [2.24, 2.45) is 0 Å². The molecule has 0 atom stereocenters. The average Bonchev–Trinajstić information content (AvgIpc) is 2.91. The fourth-order valence-electron chi connectivity index (χ4n) is 5.20. The first-order valence-corrected chi connectivity index (χ1v) is 12.2. The number of pyridine rings is 2. The highest BCUT2D eigenvalue weighted by Crippen LogP contribution is 2.47. The van der Waals surface area contributed by atoms with Crippen LogP contribution in [0.1, 0.15) is 37.1 Å². The molecule has 2 spiro atoms. The number of aromatic nitrogens is 4. The summed E-state index contributed by atoms with van der Waals surface area (Å²) in [5.74, 6) is 1.93. The third-order valence-electron chi connectivity index (χ3n) is 7.16. The van der Waals surface area contributed by atoms with Gasteiger partial charge in [-0.1, -0.05) is 0 Å². The third kappa shape index (κ3) is 3.96. The lowest BCUT2D eigenvalue weighted by Crippen LogP contribution is -2.52. The maximum atomic E-state index is 12.1. The summed E-state index contributed by atoms with van der Waals surface area (Å²) in [7, 11) is 0.